The average Bonchev–Trinajstić information content (AvgIpc) is 2.55. The molecule has 128 valence electrons. The van der Waals surface area contributed by atoms with Gasteiger partial charge in [0.2, 0.25) is 0 Å². The fourth-order valence-corrected chi connectivity index (χ4v) is 2.58. The van der Waals surface area contributed by atoms with E-state index in [4.69, 9.17) is 12.2 Å². The average molecular weight is 345 g/mol. The summed E-state index contributed by atoms with van der Waals surface area (Å²) >= 11 is 5.32. The molecule has 0 saturated heterocycles. The lowest BCUT2D eigenvalue weighted by atomic mass is 10.1. The van der Waals surface area contributed by atoms with E-state index in [1.54, 1.807) is 13.0 Å². The predicted molar refractivity (Wildman–Crippen MR) is 103 cm³/mol. The van der Waals surface area contributed by atoms with Crippen LogP contribution in [-0.4, -0.2) is 36.7 Å². The minimum absolute atomic E-state index is 0.238. The van der Waals surface area contributed by atoms with Crippen molar-refractivity contribution in [1.29, 1.82) is 0 Å². The van der Waals surface area contributed by atoms with E-state index in [0.717, 1.165) is 6.42 Å². The normalized spacial score (nSPS) is 12.0. The number of nitrogens with one attached hydrogen (secondary N) is 2. The number of hydrogen-bond donors (Lipinski definition) is 2. The summed E-state index contributed by atoms with van der Waals surface area (Å²) in [5.41, 5.74) is 2.56. The number of halogens is 1. The first-order valence-electron chi connectivity index (χ1n) is 7.97. The first-order chi connectivity index (χ1) is 11.5. The highest BCUT2D eigenvalue weighted by Gasteiger charge is 2.13. The van der Waals surface area contributed by atoms with Crippen molar-refractivity contribution >= 4 is 23.0 Å². The van der Waals surface area contributed by atoms with E-state index in [1.165, 1.54) is 11.6 Å². The summed E-state index contributed by atoms with van der Waals surface area (Å²) in [7, 11) is 4.11. The molecule has 24 heavy (non-hydrogen) atoms. The smallest absolute Gasteiger partial charge is 0.170 e. The summed E-state index contributed by atoms with van der Waals surface area (Å²) in [5, 5.41) is 6.75. The summed E-state index contributed by atoms with van der Waals surface area (Å²) in [6.07, 6.45) is 0.933. The highest BCUT2D eigenvalue weighted by Crippen LogP contribution is 2.13. The molecule has 1 atom stereocenters. The molecule has 2 N–H and O–H groups in total. The number of aryl methyl sites for hydroxylation is 1. The van der Waals surface area contributed by atoms with Gasteiger partial charge in [0.15, 0.2) is 5.11 Å². The van der Waals surface area contributed by atoms with Gasteiger partial charge in [0.05, 0.1) is 0 Å². The number of rotatable bonds is 6. The van der Waals surface area contributed by atoms with Gasteiger partial charge in [-0.25, -0.2) is 4.39 Å². The molecule has 0 radical (unpaired) electrons. The Morgan fingerprint density at radius 2 is 1.88 bits per heavy atom. The summed E-state index contributed by atoms with van der Waals surface area (Å²) in [6.45, 7) is 2.45. The summed E-state index contributed by atoms with van der Waals surface area (Å²) in [6, 6.07) is 15.7. The minimum atomic E-state index is -0.238. The first kappa shape index (κ1) is 18.4. The van der Waals surface area contributed by atoms with Crippen LogP contribution in [0.1, 0.15) is 11.1 Å². The molecular weight excluding hydrogens is 321 g/mol. The maximum atomic E-state index is 13.6. The Labute approximate surface area is 148 Å². The van der Waals surface area contributed by atoms with Crippen LogP contribution in [-0.2, 0) is 6.42 Å². The molecular formula is C19H24FN3S. The third-order valence-electron chi connectivity index (χ3n) is 3.97. The lowest BCUT2D eigenvalue weighted by Crippen LogP contribution is -2.42. The van der Waals surface area contributed by atoms with E-state index in [0.29, 0.717) is 28.9 Å². The third-order valence-corrected chi connectivity index (χ3v) is 4.22. The van der Waals surface area contributed by atoms with Gasteiger partial charge in [-0.2, -0.15) is 0 Å². The minimum Gasteiger partial charge on any atom is -0.361 e. The molecule has 0 amide bonds. The maximum Gasteiger partial charge on any atom is 0.170 e. The number of anilines is 1. The number of hydrogen-bond acceptors (Lipinski definition) is 2. The monoisotopic (exact) mass is 345 g/mol. The van der Waals surface area contributed by atoms with E-state index in [1.807, 2.05) is 24.3 Å². The lowest BCUT2D eigenvalue weighted by molar-refractivity contribution is 0.291. The molecule has 0 fully saturated rings. The quantitative estimate of drug-likeness (QED) is 0.783. The number of benzene rings is 2. The topological polar surface area (TPSA) is 27.3 Å². The Bertz CT molecular complexity index is 674. The van der Waals surface area contributed by atoms with Crippen molar-refractivity contribution in [1.82, 2.24) is 10.2 Å². The second kappa shape index (κ2) is 8.76. The standard InChI is InChI=1S/C19H24FN3S/c1-14-9-10-16(12-18(14)20)22-19(24)21-13-17(23(2)3)11-15-7-5-4-6-8-15/h4-10,12,17H,11,13H2,1-3H3,(H2,21,22,24)/t17-/m1/s1. The predicted octanol–water partition coefficient (Wildman–Crippen LogP) is 3.59. The molecule has 0 spiro atoms. The maximum absolute atomic E-state index is 13.6. The summed E-state index contributed by atoms with van der Waals surface area (Å²) < 4.78 is 13.6. The van der Waals surface area contributed by atoms with Gasteiger partial charge in [0.1, 0.15) is 5.82 Å². The van der Waals surface area contributed by atoms with Gasteiger partial charge in [0, 0.05) is 18.3 Å². The van der Waals surface area contributed by atoms with Crippen LogP contribution < -0.4 is 10.6 Å². The fourth-order valence-electron chi connectivity index (χ4n) is 2.38. The first-order valence-corrected chi connectivity index (χ1v) is 8.38. The van der Waals surface area contributed by atoms with Gasteiger partial charge in [0.25, 0.3) is 0 Å². The Balaban J connectivity index is 1.89. The van der Waals surface area contributed by atoms with Crippen molar-refractivity contribution in [3.05, 3.63) is 65.5 Å². The van der Waals surface area contributed by atoms with Crippen LogP contribution in [0.3, 0.4) is 0 Å². The fraction of sp³-hybridized carbons (Fsp3) is 0.316. The largest absolute Gasteiger partial charge is 0.361 e. The molecule has 0 aliphatic rings. The van der Waals surface area contributed by atoms with Crippen molar-refractivity contribution in [2.45, 2.75) is 19.4 Å². The van der Waals surface area contributed by atoms with Crippen molar-refractivity contribution in [2.75, 3.05) is 26.0 Å². The molecule has 0 aromatic heterocycles. The van der Waals surface area contributed by atoms with Crippen molar-refractivity contribution in [3.63, 3.8) is 0 Å². The van der Waals surface area contributed by atoms with Gasteiger partial charge >= 0.3 is 0 Å². The number of thiocarbonyl (C=S) groups is 1. The van der Waals surface area contributed by atoms with Crippen molar-refractivity contribution in [2.24, 2.45) is 0 Å². The third kappa shape index (κ3) is 5.58. The molecule has 0 unspecified atom stereocenters. The zero-order valence-electron chi connectivity index (χ0n) is 14.3. The molecule has 0 heterocycles. The Morgan fingerprint density at radius 3 is 2.50 bits per heavy atom. The second-order valence-electron chi connectivity index (χ2n) is 6.11. The van der Waals surface area contributed by atoms with Gasteiger partial charge < -0.3 is 15.5 Å². The van der Waals surface area contributed by atoms with Crippen LogP contribution >= 0.6 is 12.2 Å². The molecule has 2 aromatic carbocycles. The Hall–Kier alpha value is -1.98. The molecule has 0 aliphatic carbocycles. The van der Waals surface area contributed by atoms with Crippen LogP contribution in [0.4, 0.5) is 10.1 Å². The van der Waals surface area contributed by atoms with Crippen LogP contribution in [0.5, 0.6) is 0 Å². The van der Waals surface area contributed by atoms with Gasteiger partial charge in [-0.1, -0.05) is 36.4 Å². The number of likely N-dealkylation sites (N-methyl/N-ethyl adjacent to an activating group) is 1. The highest BCUT2D eigenvalue weighted by atomic mass is 32.1. The van der Waals surface area contributed by atoms with E-state index in [-0.39, 0.29) is 5.82 Å². The zero-order valence-corrected chi connectivity index (χ0v) is 15.2. The molecule has 0 saturated carbocycles. The van der Waals surface area contributed by atoms with Crippen LogP contribution in [0.2, 0.25) is 0 Å². The molecule has 0 bridgehead atoms. The van der Waals surface area contributed by atoms with Gasteiger partial charge in [-0.3, -0.25) is 0 Å². The van der Waals surface area contributed by atoms with Crippen LogP contribution in [0, 0.1) is 12.7 Å². The van der Waals surface area contributed by atoms with E-state index in [9.17, 15) is 4.39 Å². The summed E-state index contributed by atoms with van der Waals surface area (Å²) in [4.78, 5) is 2.17. The Kier molecular flexibility index (Phi) is 6.70. The van der Waals surface area contributed by atoms with Crippen molar-refractivity contribution < 1.29 is 4.39 Å². The van der Waals surface area contributed by atoms with Crippen molar-refractivity contribution in [3.8, 4) is 0 Å². The molecule has 3 nitrogen and oxygen atoms in total. The zero-order chi connectivity index (χ0) is 17.5. The van der Waals surface area contributed by atoms with Gasteiger partial charge in [-0.15, -0.1) is 0 Å². The molecule has 0 aliphatic heterocycles. The van der Waals surface area contributed by atoms with E-state index >= 15 is 0 Å². The van der Waals surface area contributed by atoms with E-state index in [2.05, 4.69) is 41.8 Å². The SMILES string of the molecule is Cc1ccc(NC(=S)NC[C@@H](Cc2ccccc2)N(C)C)cc1F. The van der Waals surface area contributed by atoms with Gasteiger partial charge in [-0.05, 0) is 62.9 Å². The number of nitrogens with zero attached hydrogens (tertiary/aromatic N) is 1. The molecule has 2 rings (SSSR count). The molecule has 2 aromatic rings. The second-order valence-corrected chi connectivity index (χ2v) is 6.51. The lowest BCUT2D eigenvalue weighted by Gasteiger charge is -2.25. The summed E-state index contributed by atoms with van der Waals surface area (Å²) in [5.74, 6) is -0.238. The van der Waals surface area contributed by atoms with E-state index < -0.39 is 0 Å². The van der Waals surface area contributed by atoms with Crippen LogP contribution in [0.25, 0.3) is 0 Å². The van der Waals surface area contributed by atoms with Crippen LogP contribution in [0.15, 0.2) is 48.5 Å². The molecule has 5 heteroatoms. The highest BCUT2D eigenvalue weighted by molar-refractivity contribution is 7.80. The Morgan fingerprint density at radius 1 is 1.17 bits per heavy atom.